The predicted octanol–water partition coefficient (Wildman–Crippen LogP) is 0.430. The molecule has 3 N–H and O–H groups in total. The molecule has 0 aromatic carbocycles. The predicted molar refractivity (Wildman–Crippen MR) is 55.1 cm³/mol. The van der Waals surface area contributed by atoms with Crippen molar-refractivity contribution in [2.45, 2.75) is 25.8 Å². The highest BCUT2D eigenvalue weighted by molar-refractivity contribution is 5.85. The zero-order valence-electron chi connectivity index (χ0n) is 9.63. The molecule has 0 fully saturated rings. The van der Waals surface area contributed by atoms with E-state index in [2.05, 4.69) is 15.4 Å². The van der Waals surface area contributed by atoms with Gasteiger partial charge in [0.05, 0.1) is 6.61 Å². The monoisotopic (exact) mass is 254 g/mol. The Labute approximate surface area is 97.3 Å². The third-order valence-electron chi connectivity index (χ3n) is 1.74. The first kappa shape index (κ1) is 15.6. The second kappa shape index (κ2) is 7.00. The van der Waals surface area contributed by atoms with Gasteiger partial charge in [-0.05, 0) is 13.8 Å². The van der Waals surface area contributed by atoms with E-state index in [-0.39, 0.29) is 13.2 Å². The van der Waals surface area contributed by atoms with Crippen LogP contribution in [0.15, 0.2) is 0 Å². The molecule has 17 heavy (non-hydrogen) atoms. The Morgan fingerprint density at radius 1 is 1.41 bits per heavy atom. The van der Waals surface area contributed by atoms with E-state index in [0.717, 1.165) is 0 Å². The van der Waals surface area contributed by atoms with Crippen molar-refractivity contribution in [2.24, 2.45) is 0 Å². The number of amides is 2. The maximum Gasteiger partial charge on any atom is 0.328 e. The lowest BCUT2D eigenvalue weighted by Crippen LogP contribution is -2.53. The zero-order chi connectivity index (χ0) is 13.5. The van der Waals surface area contributed by atoms with Crippen LogP contribution >= 0.6 is 0 Å². The smallest absolute Gasteiger partial charge is 0.328 e. The summed E-state index contributed by atoms with van der Waals surface area (Å²) < 4.78 is 27.8. The minimum Gasteiger partial charge on any atom is -0.480 e. The molecule has 0 aromatic heterocycles. The molecule has 0 saturated carbocycles. The fraction of sp³-hybridized carbons (Fsp3) is 0.778. The zero-order valence-corrected chi connectivity index (χ0v) is 9.63. The van der Waals surface area contributed by atoms with Crippen LogP contribution in [0.1, 0.15) is 13.8 Å². The number of alkyl halides is 2. The highest BCUT2D eigenvalue weighted by Gasteiger charge is 2.28. The van der Waals surface area contributed by atoms with E-state index >= 15 is 0 Å². The van der Waals surface area contributed by atoms with Gasteiger partial charge in [-0.1, -0.05) is 0 Å². The van der Waals surface area contributed by atoms with Gasteiger partial charge in [-0.2, -0.15) is 0 Å². The third-order valence-corrected chi connectivity index (χ3v) is 1.74. The first-order valence-corrected chi connectivity index (χ1v) is 4.91. The van der Waals surface area contributed by atoms with Gasteiger partial charge in [0.1, 0.15) is 12.1 Å². The fourth-order valence-corrected chi connectivity index (χ4v) is 0.791. The molecule has 0 rings (SSSR count). The van der Waals surface area contributed by atoms with E-state index in [1.807, 2.05) is 0 Å². The van der Waals surface area contributed by atoms with Gasteiger partial charge in [0, 0.05) is 6.54 Å². The SMILES string of the molecule is CC(C)(NC(=O)NCCOCC(F)F)C(=O)O. The Hall–Kier alpha value is -1.44. The Morgan fingerprint density at radius 3 is 2.47 bits per heavy atom. The first-order chi connectivity index (χ1) is 7.75. The summed E-state index contributed by atoms with van der Waals surface area (Å²) in [6.07, 6.45) is -2.55. The lowest BCUT2D eigenvalue weighted by Gasteiger charge is -2.21. The molecule has 0 heterocycles. The van der Waals surface area contributed by atoms with Crippen molar-refractivity contribution in [2.75, 3.05) is 19.8 Å². The van der Waals surface area contributed by atoms with Crippen molar-refractivity contribution in [1.29, 1.82) is 0 Å². The molecule has 0 aliphatic heterocycles. The van der Waals surface area contributed by atoms with Crippen molar-refractivity contribution in [3.05, 3.63) is 0 Å². The van der Waals surface area contributed by atoms with E-state index < -0.39 is 30.6 Å². The second-order valence-electron chi connectivity index (χ2n) is 3.78. The summed E-state index contributed by atoms with van der Waals surface area (Å²) in [7, 11) is 0. The summed E-state index contributed by atoms with van der Waals surface area (Å²) in [5.41, 5.74) is -1.39. The number of carboxylic acids is 1. The van der Waals surface area contributed by atoms with Gasteiger partial charge in [-0.25, -0.2) is 18.4 Å². The minimum absolute atomic E-state index is 0.0221. The van der Waals surface area contributed by atoms with Gasteiger partial charge in [0.25, 0.3) is 6.43 Å². The van der Waals surface area contributed by atoms with Crippen molar-refractivity contribution >= 4 is 12.0 Å². The molecular weight excluding hydrogens is 238 g/mol. The lowest BCUT2D eigenvalue weighted by molar-refractivity contribution is -0.142. The molecule has 0 aliphatic carbocycles. The molecule has 0 aromatic rings. The molecular formula is C9H16F2N2O4. The standard InChI is InChI=1S/C9H16F2N2O4/c1-9(2,7(14)15)13-8(16)12-3-4-17-5-6(10)11/h6H,3-5H2,1-2H3,(H,14,15)(H2,12,13,16). The summed E-state index contributed by atoms with van der Waals surface area (Å²) in [6.45, 7) is 1.91. The van der Waals surface area contributed by atoms with Crippen LogP contribution in [0.25, 0.3) is 0 Å². The van der Waals surface area contributed by atoms with Crippen LogP contribution in [0.4, 0.5) is 13.6 Å². The maximum absolute atomic E-state index is 11.6. The fourth-order valence-electron chi connectivity index (χ4n) is 0.791. The molecule has 0 aliphatic rings. The van der Waals surface area contributed by atoms with Crippen LogP contribution in [-0.2, 0) is 9.53 Å². The highest BCUT2D eigenvalue weighted by atomic mass is 19.3. The Morgan fingerprint density at radius 2 is 2.00 bits per heavy atom. The number of carboxylic acid groups (broad SMARTS) is 1. The minimum atomic E-state index is -2.55. The number of carbonyl (C=O) groups is 2. The van der Waals surface area contributed by atoms with Gasteiger partial charge in [0.15, 0.2) is 0 Å². The van der Waals surface area contributed by atoms with Crippen molar-refractivity contribution < 1.29 is 28.2 Å². The molecule has 0 atom stereocenters. The molecule has 100 valence electrons. The molecule has 0 spiro atoms. The number of nitrogens with one attached hydrogen (secondary N) is 2. The number of hydrogen-bond donors (Lipinski definition) is 3. The van der Waals surface area contributed by atoms with Crippen molar-refractivity contribution in [3.8, 4) is 0 Å². The number of urea groups is 1. The molecule has 2 amide bonds. The van der Waals surface area contributed by atoms with Crippen LogP contribution in [0, 0.1) is 0 Å². The average molecular weight is 254 g/mol. The Bertz CT molecular complexity index is 272. The first-order valence-electron chi connectivity index (χ1n) is 4.91. The van der Waals surface area contributed by atoms with Gasteiger partial charge in [-0.15, -0.1) is 0 Å². The van der Waals surface area contributed by atoms with E-state index in [9.17, 15) is 18.4 Å². The molecule has 0 radical (unpaired) electrons. The van der Waals surface area contributed by atoms with E-state index in [4.69, 9.17) is 5.11 Å². The molecule has 8 heteroatoms. The molecule has 6 nitrogen and oxygen atoms in total. The summed E-state index contributed by atoms with van der Waals surface area (Å²) in [5, 5.41) is 13.2. The van der Waals surface area contributed by atoms with Crippen LogP contribution in [0.5, 0.6) is 0 Å². The molecule has 0 bridgehead atoms. The number of aliphatic carboxylic acids is 1. The third kappa shape index (κ3) is 7.45. The molecule has 0 saturated heterocycles. The summed E-state index contributed by atoms with van der Waals surface area (Å²) in [4.78, 5) is 21.8. The van der Waals surface area contributed by atoms with Gasteiger partial charge in [-0.3, -0.25) is 0 Å². The van der Waals surface area contributed by atoms with Gasteiger partial charge in [0.2, 0.25) is 0 Å². The topological polar surface area (TPSA) is 87.7 Å². The number of rotatable bonds is 7. The maximum atomic E-state index is 11.6. The highest BCUT2D eigenvalue weighted by Crippen LogP contribution is 2.00. The van der Waals surface area contributed by atoms with Gasteiger partial charge >= 0.3 is 12.0 Å². The van der Waals surface area contributed by atoms with Crippen molar-refractivity contribution in [3.63, 3.8) is 0 Å². The normalized spacial score (nSPS) is 11.4. The number of halogens is 2. The van der Waals surface area contributed by atoms with Gasteiger partial charge < -0.3 is 20.5 Å². The molecule has 0 unspecified atom stereocenters. The van der Waals surface area contributed by atoms with E-state index in [1.54, 1.807) is 0 Å². The summed E-state index contributed by atoms with van der Waals surface area (Å²) in [5.74, 6) is -1.18. The summed E-state index contributed by atoms with van der Waals surface area (Å²) >= 11 is 0. The summed E-state index contributed by atoms with van der Waals surface area (Å²) in [6, 6.07) is -0.696. The lowest BCUT2D eigenvalue weighted by atomic mass is 10.1. The van der Waals surface area contributed by atoms with Crippen LogP contribution in [-0.4, -0.2) is 48.8 Å². The number of hydrogen-bond acceptors (Lipinski definition) is 3. The Balaban J connectivity index is 3.70. The van der Waals surface area contributed by atoms with Crippen molar-refractivity contribution in [1.82, 2.24) is 10.6 Å². The van der Waals surface area contributed by atoms with Crippen LogP contribution in [0.2, 0.25) is 0 Å². The average Bonchev–Trinajstić information content (AvgIpc) is 2.15. The number of ether oxygens (including phenoxy) is 1. The quantitative estimate of drug-likeness (QED) is 0.575. The van der Waals surface area contributed by atoms with E-state index in [1.165, 1.54) is 13.8 Å². The van der Waals surface area contributed by atoms with E-state index in [0.29, 0.717) is 0 Å². The largest absolute Gasteiger partial charge is 0.480 e. The second-order valence-corrected chi connectivity index (χ2v) is 3.78. The Kier molecular flexibility index (Phi) is 6.40. The van der Waals surface area contributed by atoms with Crippen LogP contribution in [0.3, 0.4) is 0 Å². The van der Waals surface area contributed by atoms with Crippen LogP contribution < -0.4 is 10.6 Å². The number of carbonyl (C=O) groups excluding carboxylic acids is 1.